The van der Waals surface area contributed by atoms with E-state index >= 15 is 0 Å². The number of phosphoric ester groups is 2. The zero-order valence-electron chi connectivity index (χ0n) is 61.1. The minimum atomic E-state index is -4.95. The van der Waals surface area contributed by atoms with E-state index in [1.54, 1.807) is 0 Å². The lowest BCUT2D eigenvalue weighted by Crippen LogP contribution is -2.30. The van der Waals surface area contributed by atoms with E-state index in [4.69, 9.17) is 32.3 Å². The predicted molar refractivity (Wildman–Crippen MR) is 408 cm³/mol. The van der Waals surface area contributed by atoms with Crippen molar-refractivity contribution in [2.45, 2.75) is 283 Å². The lowest BCUT2D eigenvalue weighted by Gasteiger charge is -2.21. The molecule has 5 atom stereocenters. The van der Waals surface area contributed by atoms with Gasteiger partial charge in [0.25, 0.3) is 0 Å². The average Bonchev–Trinajstić information content (AvgIpc) is 1.36. The van der Waals surface area contributed by atoms with Crippen LogP contribution >= 0.6 is 15.6 Å². The van der Waals surface area contributed by atoms with Gasteiger partial charge >= 0.3 is 33.6 Å². The van der Waals surface area contributed by atoms with Crippen LogP contribution in [0, 0.1) is 0 Å². The number of hydrogen-bond donors (Lipinski definition) is 4. The van der Waals surface area contributed by atoms with Crippen molar-refractivity contribution in [2.75, 3.05) is 39.6 Å². The number of aliphatic hydroxyl groups is 2. The van der Waals surface area contributed by atoms with E-state index in [9.17, 15) is 43.5 Å². The maximum Gasteiger partial charge on any atom is 0.472 e. The molecule has 0 radical (unpaired) electrons. The standard InChI is InChI=1S/C81H132O16P2/c1-4-7-10-13-16-19-22-25-27-29-31-33-34-35-36-37-38-39-40-42-44-45-47-50-52-55-58-61-64-67-79(84)91-70-76(82)71-93-98(87,88)94-72-77(83)73-95-99(89,90)96-75-78(97-81(86)69-66-63-60-57-54-49-24-21-18-15-12-9-6-3)74-92-80(85)68-65-62-59-56-53-51-48-46-43-41-32-30-28-26-23-20-17-14-11-8-5-2/h7-8,10-12,15-17,19-21,24-28,31-33,35-36,38-39,41,46,48,53,56,76-78,82-83H,4-6,9,13-14,18,22-23,29-30,34,37,40,42-45,47,49-52,54-55,57-75H2,1-3H3,(H,87,88)(H,89,90)/b10-7-,11-8-,15-12-,19-16-,20-17-,24-21-,27-25-,28-26-,33-31-,36-35-,39-38-,41-32-,48-46-,56-53-. The minimum Gasteiger partial charge on any atom is -0.463 e. The Balaban J connectivity index is 4.57. The largest absolute Gasteiger partial charge is 0.472 e. The van der Waals surface area contributed by atoms with Crippen LogP contribution in [0.4, 0.5) is 0 Å². The van der Waals surface area contributed by atoms with Gasteiger partial charge in [-0.2, -0.15) is 0 Å². The van der Waals surface area contributed by atoms with Crippen molar-refractivity contribution in [3.63, 3.8) is 0 Å². The Morgan fingerprint density at radius 3 is 0.869 bits per heavy atom. The molecular formula is C81H132O16P2. The molecule has 16 nitrogen and oxygen atoms in total. The van der Waals surface area contributed by atoms with Gasteiger partial charge < -0.3 is 34.2 Å². The van der Waals surface area contributed by atoms with Crippen LogP contribution in [0.2, 0.25) is 0 Å². The molecule has 0 saturated carbocycles. The number of hydrogen-bond acceptors (Lipinski definition) is 14. The molecule has 4 N–H and O–H groups in total. The number of rotatable bonds is 69. The van der Waals surface area contributed by atoms with Crippen molar-refractivity contribution >= 4 is 33.6 Å². The third-order valence-corrected chi connectivity index (χ3v) is 16.8. The predicted octanol–water partition coefficient (Wildman–Crippen LogP) is 21.6. The van der Waals surface area contributed by atoms with Gasteiger partial charge in [-0.1, -0.05) is 268 Å². The van der Waals surface area contributed by atoms with Gasteiger partial charge in [-0.3, -0.25) is 32.5 Å². The Labute approximate surface area is 599 Å². The Morgan fingerprint density at radius 1 is 0.293 bits per heavy atom. The second kappa shape index (κ2) is 72.7. The lowest BCUT2D eigenvalue weighted by molar-refractivity contribution is -0.161. The van der Waals surface area contributed by atoms with Gasteiger partial charge in [0, 0.05) is 19.3 Å². The first-order valence-electron chi connectivity index (χ1n) is 37.4. The maximum atomic E-state index is 12.9. The summed E-state index contributed by atoms with van der Waals surface area (Å²) in [5, 5.41) is 20.6. The zero-order chi connectivity index (χ0) is 72.3. The van der Waals surface area contributed by atoms with Crippen LogP contribution in [0.5, 0.6) is 0 Å². The molecule has 5 unspecified atom stereocenters. The van der Waals surface area contributed by atoms with Crippen molar-refractivity contribution < 1.29 is 75.8 Å². The molecule has 0 aliphatic heterocycles. The Morgan fingerprint density at radius 2 is 0.535 bits per heavy atom. The van der Waals surface area contributed by atoms with Gasteiger partial charge in [0.05, 0.1) is 26.4 Å². The topological polar surface area (TPSA) is 231 Å². The van der Waals surface area contributed by atoms with E-state index in [1.165, 1.54) is 32.1 Å². The maximum absolute atomic E-state index is 12.9. The van der Waals surface area contributed by atoms with E-state index in [-0.39, 0.29) is 19.3 Å². The summed E-state index contributed by atoms with van der Waals surface area (Å²) in [4.78, 5) is 58.5. The number of unbranched alkanes of at least 4 members (excludes halogenated alkanes) is 18. The number of ether oxygens (including phenoxy) is 3. The van der Waals surface area contributed by atoms with Crippen LogP contribution in [-0.4, -0.2) is 95.9 Å². The second-order valence-corrected chi connectivity index (χ2v) is 27.2. The molecule has 0 aromatic heterocycles. The summed E-state index contributed by atoms with van der Waals surface area (Å²) in [7, 11) is -9.81. The van der Waals surface area contributed by atoms with Gasteiger partial charge in [0.2, 0.25) is 0 Å². The van der Waals surface area contributed by atoms with Gasteiger partial charge in [-0.15, -0.1) is 0 Å². The van der Waals surface area contributed by atoms with E-state index in [0.29, 0.717) is 19.3 Å². The fraction of sp³-hybridized carbons (Fsp3) is 0.617. The highest BCUT2D eigenvalue weighted by atomic mass is 31.2. The SMILES string of the molecule is CC/C=C\C/C=C\C/C=C\C/C=C\C/C=C\C/C=C\CCCCCCCCCCCCC(=O)OCC(O)COP(=O)(O)OCC(O)COP(=O)(O)OCC(COC(=O)CCCC/C=C\C/C=C\C/C=C\C/C=C\C/C=C\C/C=C\CC)OC(=O)CCCCCCC/C=C\C/C=C\CCC. The molecule has 0 amide bonds. The average molecular weight is 1420 g/mol. The highest BCUT2D eigenvalue weighted by Gasteiger charge is 2.29. The van der Waals surface area contributed by atoms with Crippen LogP contribution < -0.4 is 0 Å². The number of aliphatic hydroxyl groups excluding tert-OH is 2. The summed E-state index contributed by atoms with van der Waals surface area (Å²) < 4.78 is 60.9. The molecule has 0 bridgehead atoms. The molecule has 0 heterocycles. The van der Waals surface area contributed by atoms with Crippen LogP contribution in [0.3, 0.4) is 0 Å². The highest BCUT2D eigenvalue weighted by Crippen LogP contribution is 2.45. The lowest BCUT2D eigenvalue weighted by atomic mass is 10.1. The quantitative estimate of drug-likeness (QED) is 0.0146. The van der Waals surface area contributed by atoms with Crippen molar-refractivity contribution in [1.29, 1.82) is 0 Å². The third kappa shape index (κ3) is 73.9. The fourth-order valence-corrected chi connectivity index (χ4v) is 10.8. The monoisotopic (exact) mass is 1420 g/mol. The summed E-state index contributed by atoms with van der Waals surface area (Å²) in [6.07, 6.45) is 91.3. The normalized spacial score (nSPS) is 15.0. The van der Waals surface area contributed by atoms with Gasteiger partial charge in [0.1, 0.15) is 25.4 Å². The Kier molecular flexibility index (Phi) is 69.0. The molecular weight excluding hydrogens is 1290 g/mol. The van der Waals surface area contributed by atoms with E-state index in [1.807, 2.05) is 0 Å². The molecule has 0 aromatic carbocycles. The molecule has 99 heavy (non-hydrogen) atoms. The van der Waals surface area contributed by atoms with Crippen molar-refractivity contribution in [2.24, 2.45) is 0 Å². The highest BCUT2D eigenvalue weighted by molar-refractivity contribution is 7.47. The molecule has 0 aromatic rings. The van der Waals surface area contributed by atoms with E-state index in [2.05, 4.69) is 191 Å². The summed E-state index contributed by atoms with van der Waals surface area (Å²) >= 11 is 0. The number of esters is 3. The van der Waals surface area contributed by atoms with Gasteiger partial charge in [0.15, 0.2) is 6.10 Å². The molecule has 0 aliphatic carbocycles. The summed E-state index contributed by atoms with van der Waals surface area (Å²) in [5.41, 5.74) is 0. The summed E-state index contributed by atoms with van der Waals surface area (Å²) in [6.45, 7) is 2.28. The minimum absolute atomic E-state index is 0.0726. The number of carbonyl (C=O) groups is 3. The summed E-state index contributed by atoms with van der Waals surface area (Å²) in [5.74, 6) is -1.66. The molecule has 0 saturated heterocycles. The molecule has 0 spiro atoms. The first-order valence-corrected chi connectivity index (χ1v) is 40.4. The molecule has 0 rings (SSSR count). The van der Waals surface area contributed by atoms with Crippen LogP contribution in [0.15, 0.2) is 170 Å². The number of phosphoric acid groups is 2. The van der Waals surface area contributed by atoms with Crippen molar-refractivity contribution in [3.8, 4) is 0 Å². The zero-order valence-corrected chi connectivity index (χ0v) is 62.9. The number of carbonyl (C=O) groups excluding carboxylic acids is 3. The Hall–Kier alpha value is -5.09. The van der Waals surface area contributed by atoms with Gasteiger partial charge in [-0.25, -0.2) is 9.13 Å². The van der Waals surface area contributed by atoms with Crippen molar-refractivity contribution in [3.05, 3.63) is 170 Å². The first-order chi connectivity index (χ1) is 48.2. The smallest absolute Gasteiger partial charge is 0.463 e. The first kappa shape index (κ1) is 93.9. The fourth-order valence-electron chi connectivity index (χ4n) is 9.26. The van der Waals surface area contributed by atoms with Gasteiger partial charge in [-0.05, 0) is 148 Å². The van der Waals surface area contributed by atoms with Crippen LogP contribution in [0.1, 0.15) is 265 Å². The van der Waals surface area contributed by atoms with E-state index in [0.717, 1.165) is 173 Å². The second-order valence-electron chi connectivity index (χ2n) is 24.3. The van der Waals surface area contributed by atoms with Crippen LogP contribution in [0.25, 0.3) is 0 Å². The summed E-state index contributed by atoms with van der Waals surface area (Å²) in [6, 6.07) is 0. The van der Waals surface area contributed by atoms with Crippen LogP contribution in [-0.2, 0) is 55.8 Å². The Bertz CT molecular complexity index is 2480. The molecule has 562 valence electrons. The molecule has 0 fully saturated rings. The molecule has 0 aliphatic rings. The van der Waals surface area contributed by atoms with E-state index < -0.39 is 91.5 Å². The van der Waals surface area contributed by atoms with Crippen molar-refractivity contribution in [1.82, 2.24) is 0 Å². The third-order valence-electron chi connectivity index (χ3n) is 14.9. The number of allylic oxidation sites excluding steroid dienone is 28. The molecule has 18 heteroatoms.